The van der Waals surface area contributed by atoms with Gasteiger partial charge in [-0.15, -0.1) is 0 Å². The van der Waals surface area contributed by atoms with Crippen molar-refractivity contribution in [3.05, 3.63) is 75.4 Å². The number of esters is 1. The van der Waals surface area contributed by atoms with Crippen LogP contribution < -0.4 is 0 Å². The lowest BCUT2D eigenvalue weighted by atomic mass is 9.70. The number of ether oxygens (including phenoxy) is 1. The van der Waals surface area contributed by atoms with Gasteiger partial charge in [0.15, 0.2) is 0 Å². The zero-order valence-corrected chi connectivity index (χ0v) is 31.8. The van der Waals surface area contributed by atoms with Gasteiger partial charge in [0.05, 0.1) is 18.8 Å². The fourth-order valence-corrected chi connectivity index (χ4v) is 9.00. The van der Waals surface area contributed by atoms with Crippen molar-refractivity contribution in [2.24, 2.45) is 23.7 Å². The van der Waals surface area contributed by atoms with Gasteiger partial charge in [-0.2, -0.15) is 0 Å². The third kappa shape index (κ3) is 10.4. The van der Waals surface area contributed by atoms with Crippen LogP contribution in [0, 0.1) is 23.7 Å². The molecule has 3 aliphatic carbocycles. The Balaban J connectivity index is 1.05. The molecular formula is C45H63NO5. The number of imide groups is 1. The van der Waals surface area contributed by atoms with Crippen LogP contribution in [0.25, 0.3) is 6.08 Å². The van der Waals surface area contributed by atoms with Crippen molar-refractivity contribution in [2.45, 2.75) is 136 Å². The molecule has 5 rings (SSSR count). The lowest BCUT2D eigenvalue weighted by Crippen LogP contribution is -2.33. The zero-order valence-electron chi connectivity index (χ0n) is 31.8. The second-order valence-electron chi connectivity index (χ2n) is 16.0. The summed E-state index contributed by atoms with van der Waals surface area (Å²) in [5, 5.41) is 9.18. The van der Waals surface area contributed by atoms with E-state index in [0.29, 0.717) is 30.5 Å². The third-order valence-electron chi connectivity index (χ3n) is 12.6. The highest BCUT2D eigenvalue weighted by molar-refractivity contribution is 6.18. The summed E-state index contributed by atoms with van der Waals surface area (Å²) in [4.78, 5) is 38.6. The summed E-state index contributed by atoms with van der Waals surface area (Å²) in [5.74, 6) is 1.72. The molecule has 0 radical (unpaired) electrons. The summed E-state index contributed by atoms with van der Waals surface area (Å²) in [6.07, 6.45) is 26.3. The van der Waals surface area contributed by atoms with Crippen LogP contribution in [0.4, 0.5) is 0 Å². The van der Waals surface area contributed by atoms with Crippen molar-refractivity contribution in [1.82, 2.24) is 4.90 Å². The minimum absolute atomic E-state index is 0.0521. The Hall–Kier alpha value is -3.25. The highest BCUT2D eigenvalue weighted by Gasteiger charge is 2.34. The van der Waals surface area contributed by atoms with Crippen LogP contribution in [-0.4, -0.2) is 47.5 Å². The summed E-state index contributed by atoms with van der Waals surface area (Å²) in [6, 6.07) is 7.19. The third-order valence-corrected chi connectivity index (χ3v) is 12.6. The Morgan fingerprint density at radius 1 is 0.922 bits per heavy atom. The van der Waals surface area contributed by atoms with Gasteiger partial charge in [-0.3, -0.25) is 14.5 Å². The zero-order chi connectivity index (χ0) is 36.3. The predicted octanol–water partition coefficient (Wildman–Crippen LogP) is 9.65. The van der Waals surface area contributed by atoms with Crippen molar-refractivity contribution < 1.29 is 24.2 Å². The van der Waals surface area contributed by atoms with E-state index < -0.39 is 12.6 Å². The first kappa shape index (κ1) is 39.0. The van der Waals surface area contributed by atoms with Crippen molar-refractivity contribution >= 4 is 23.9 Å². The molecule has 2 atom stereocenters. The molecule has 1 heterocycles. The van der Waals surface area contributed by atoms with E-state index in [1.165, 1.54) is 106 Å². The second kappa shape index (κ2) is 19.0. The Morgan fingerprint density at radius 3 is 2.37 bits per heavy atom. The number of benzene rings is 1. The molecule has 1 aliphatic heterocycles. The van der Waals surface area contributed by atoms with Gasteiger partial charge in [0, 0.05) is 17.7 Å². The van der Waals surface area contributed by atoms with Gasteiger partial charge in [-0.25, -0.2) is 4.79 Å². The Bertz CT molecular complexity index is 1480. The van der Waals surface area contributed by atoms with E-state index in [2.05, 4.69) is 43.9 Å². The molecular weight excluding hydrogens is 634 g/mol. The van der Waals surface area contributed by atoms with Crippen molar-refractivity contribution in [3.63, 3.8) is 0 Å². The van der Waals surface area contributed by atoms with Crippen LogP contribution in [0.2, 0.25) is 0 Å². The summed E-state index contributed by atoms with van der Waals surface area (Å²) in [5.41, 5.74) is 8.80. The Kier molecular flexibility index (Phi) is 14.5. The number of aliphatic hydroxyl groups is 1. The first-order chi connectivity index (χ1) is 24.7. The van der Waals surface area contributed by atoms with Gasteiger partial charge in [-0.1, -0.05) is 88.8 Å². The van der Waals surface area contributed by atoms with Crippen LogP contribution in [0.5, 0.6) is 0 Å². The number of rotatable bonds is 18. The molecule has 2 amide bonds. The van der Waals surface area contributed by atoms with E-state index in [4.69, 9.17) is 4.74 Å². The Labute approximate surface area is 307 Å². The maximum atomic E-state index is 12.6. The van der Waals surface area contributed by atoms with Gasteiger partial charge in [0.25, 0.3) is 11.8 Å². The number of hydrogen-bond acceptors (Lipinski definition) is 5. The largest absolute Gasteiger partial charge is 0.462 e. The highest BCUT2D eigenvalue weighted by Crippen LogP contribution is 2.43. The molecule has 6 heteroatoms. The summed E-state index contributed by atoms with van der Waals surface area (Å²) in [6.45, 7) is 9.48. The van der Waals surface area contributed by atoms with E-state index >= 15 is 0 Å². The standard InChI is InChI=1S/C45H63NO5/c1-5-6-7-9-36-14-17-42-29-41(23-22-40(42)28-36)39-20-18-38(19-21-39)37-15-12-34(13-16-37)10-8-11-35(25-27-51-45(50)31(2)30-47)24-26-46-43(48)32(3)33(4)44(46)49/h14,17,20,28-29,34-35,37-38,47H,2,5-13,15-16,18-19,21-27,30H2,1,3-4H3. The summed E-state index contributed by atoms with van der Waals surface area (Å²) < 4.78 is 5.35. The number of unbranched alkanes of at least 4 members (excludes halogenated alkanes) is 2. The number of carbonyl (C=O) groups excluding carboxylic acids is 3. The monoisotopic (exact) mass is 697 g/mol. The molecule has 0 spiro atoms. The molecule has 1 saturated carbocycles. The molecule has 1 N–H and O–H groups in total. The molecule has 0 aromatic heterocycles. The predicted molar refractivity (Wildman–Crippen MR) is 206 cm³/mol. The fourth-order valence-electron chi connectivity index (χ4n) is 9.00. The number of allylic oxidation sites excluding steroid dienone is 3. The van der Waals surface area contributed by atoms with Crippen LogP contribution in [0.3, 0.4) is 0 Å². The molecule has 1 fully saturated rings. The number of carbonyl (C=O) groups is 3. The van der Waals surface area contributed by atoms with Gasteiger partial charge < -0.3 is 9.84 Å². The number of amides is 2. The molecule has 0 bridgehead atoms. The van der Waals surface area contributed by atoms with Crippen molar-refractivity contribution in [3.8, 4) is 0 Å². The van der Waals surface area contributed by atoms with E-state index in [-0.39, 0.29) is 29.9 Å². The highest BCUT2D eigenvalue weighted by atomic mass is 16.5. The minimum Gasteiger partial charge on any atom is -0.462 e. The number of aliphatic hydroxyl groups excluding tert-OH is 1. The topological polar surface area (TPSA) is 83.9 Å². The van der Waals surface area contributed by atoms with Crippen molar-refractivity contribution in [1.29, 1.82) is 0 Å². The van der Waals surface area contributed by atoms with E-state index in [1.54, 1.807) is 30.6 Å². The summed E-state index contributed by atoms with van der Waals surface area (Å²) in [7, 11) is 0. The average molecular weight is 698 g/mol. The molecule has 4 aliphatic rings. The number of fused-ring (bicyclic) bond motifs is 1. The van der Waals surface area contributed by atoms with Gasteiger partial charge in [-0.05, 0) is 136 Å². The maximum Gasteiger partial charge on any atom is 0.335 e. The van der Waals surface area contributed by atoms with E-state index in [1.807, 2.05) is 0 Å². The quantitative estimate of drug-likeness (QED) is 0.0715. The number of nitrogens with zero attached hydrogens (tertiary/aromatic N) is 1. The summed E-state index contributed by atoms with van der Waals surface area (Å²) >= 11 is 0. The van der Waals surface area contributed by atoms with Gasteiger partial charge in [0.1, 0.15) is 0 Å². The lowest BCUT2D eigenvalue weighted by molar-refractivity contribution is -0.140. The first-order valence-electron chi connectivity index (χ1n) is 20.2. The molecule has 278 valence electrons. The van der Waals surface area contributed by atoms with Crippen molar-refractivity contribution in [2.75, 3.05) is 19.8 Å². The van der Waals surface area contributed by atoms with E-state index in [0.717, 1.165) is 30.6 Å². The SMILES string of the molecule is C=C(CO)C(=O)OCCC(CCCC1CCC(C2CC=C(C3=Cc4ccc(CCCCC)cc4CC3)CC2)CC1)CCN1C(=O)C(C)=C(C)C1=O. The van der Waals surface area contributed by atoms with Crippen LogP contribution in [0.1, 0.15) is 140 Å². The molecule has 1 aromatic rings. The maximum absolute atomic E-state index is 12.6. The van der Waals surface area contributed by atoms with Crippen LogP contribution in [-0.2, 0) is 32.0 Å². The molecule has 1 aromatic carbocycles. The molecule has 2 unspecified atom stereocenters. The molecule has 6 nitrogen and oxygen atoms in total. The molecule has 51 heavy (non-hydrogen) atoms. The minimum atomic E-state index is -0.568. The van der Waals surface area contributed by atoms with Gasteiger partial charge >= 0.3 is 5.97 Å². The lowest BCUT2D eigenvalue weighted by Gasteiger charge is -2.36. The normalized spacial score (nSPS) is 22.8. The Morgan fingerprint density at radius 2 is 1.69 bits per heavy atom. The van der Waals surface area contributed by atoms with Crippen LogP contribution in [0.15, 0.2) is 58.7 Å². The van der Waals surface area contributed by atoms with E-state index in [9.17, 15) is 19.5 Å². The van der Waals surface area contributed by atoms with Gasteiger partial charge in [0.2, 0.25) is 0 Å². The smallest absolute Gasteiger partial charge is 0.335 e. The fraction of sp³-hybridized carbons (Fsp3) is 0.622. The first-order valence-corrected chi connectivity index (χ1v) is 20.2. The number of hydrogen-bond donors (Lipinski definition) is 1. The molecule has 0 saturated heterocycles. The van der Waals surface area contributed by atoms with Crippen LogP contribution >= 0.6 is 0 Å². The second-order valence-corrected chi connectivity index (χ2v) is 16.0. The number of aryl methyl sites for hydroxylation is 2. The average Bonchev–Trinajstić information content (AvgIpc) is 3.34.